The van der Waals surface area contributed by atoms with Crippen molar-refractivity contribution in [3.05, 3.63) is 34.9 Å². The maximum absolute atomic E-state index is 3.93. The molecule has 0 saturated heterocycles. The van der Waals surface area contributed by atoms with Gasteiger partial charge in [-0.1, -0.05) is 34.9 Å². The molecule has 2 N–H and O–H groups in total. The van der Waals surface area contributed by atoms with Gasteiger partial charge in [-0.3, -0.25) is 0 Å². The average Bonchev–Trinajstić information content (AvgIpc) is 2.65. The summed E-state index contributed by atoms with van der Waals surface area (Å²) in [5.74, 6) is 4.15. The molecule has 0 unspecified atom stereocenters. The molecular formula is C27H46N2. The lowest BCUT2D eigenvalue weighted by molar-refractivity contribution is -0.0133. The highest BCUT2D eigenvalue weighted by molar-refractivity contribution is 5.06. The molecule has 29 heavy (non-hydrogen) atoms. The largest absolute Gasteiger partial charge is 0.312 e. The van der Waals surface area contributed by atoms with Gasteiger partial charge in [0.05, 0.1) is 0 Å². The average molecular weight is 399 g/mol. The second-order valence-corrected chi connectivity index (χ2v) is 10.6. The minimum atomic E-state index is 0.827. The molecule has 0 heterocycles. The first-order chi connectivity index (χ1) is 14.0. The van der Waals surface area contributed by atoms with Crippen molar-refractivity contribution in [1.29, 1.82) is 0 Å². The highest BCUT2D eigenvalue weighted by Gasteiger charge is 2.47. The number of nitrogens with one attached hydrogen (secondary N) is 2. The summed E-state index contributed by atoms with van der Waals surface area (Å²) in [6.07, 6.45) is 19.5. The predicted octanol–water partition coefficient (Wildman–Crippen LogP) is 6.41. The molecule has 0 amide bonds. The van der Waals surface area contributed by atoms with E-state index in [1.54, 1.807) is 6.42 Å². The van der Waals surface area contributed by atoms with Crippen LogP contribution in [0.3, 0.4) is 0 Å². The fraction of sp³-hybridized carbons (Fsp3) is 0.778. The topological polar surface area (TPSA) is 24.1 Å². The summed E-state index contributed by atoms with van der Waals surface area (Å²) >= 11 is 0. The third-order valence-corrected chi connectivity index (χ3v) is 7.63. The third kappa shape index (κ3) is 7.40. The van der Waals surface area contributed by atoms with Crippen LogP contribution in [0.4, 0.5) is 0 Å². The zero-order chi connectivity index (χ0) is 20.6. The normalized spacial score (nSPS) is 31.4. The van der Waals surface area contributed by atoms with Crippen molar-refractivity contribution < 1.29 is 0 Å². The lowest BCUT2D eigenvalue weighted by Gasteiger charge is -2.54. The van der Waals surface area contributed by atoms with E-state index in [1.165, 1.54) is 68.1 Å². The summed E-state index contributed by atoms with van der Waals surface area (Å²) in [7, 11) is 0. The zero-order valence-electron chi connectivity index (χ0n) is 19.6. The lowest BCUT2D eigenvalue weighted by atomic mass is 9.54. The fourth-order valence-corrected chi connectivity index (χ4v) is 6.27. The molecule has 4 fully saturated rings. The molecule has 0 radical (unpaired) electrons. The van der Waals surface area contributed by atoms with Crippen LogP contribution in [0, 0.1) is 23.7 Å². The molecule has 0 aliphatic heterocycles. The smallest absolute Gasteiger partial charge is 0.0137 e. The number of hydrogen-bond donors (Lipinski definition) is 2. The van der Waals surface area contributed by atoms with Crippen LogP contribution in [-0.2, 0) is 0 Å². The molecule has 2 nitrogen and oxygen atoms in total. The van der Waals surface area contributed by atoms with Crippen molar-refractivity contribution in [2.45, 2.75) is 91.5 Å². The van der Waals surface area contributed by atoms with Gasteiger partial charge in [0.25, 0.3) is 0 Å². The highest BCUT2D eigenvalue weighted by Crippen LogP contribution is 2.53. The van der Waals surface area contributed by atoms with Gasteiger partial charge < -0.3 is 10.6 Å². The molecule has 4 saturated carbocycles. The van der Waals surface area contributed by atoms with Gasteiger partial charge in [-0.25, -0.2) is 0 Å². The second kappa shape index (κ2) is 11.5. The van der Waals surface area contributed by atoms with E-state index in [0.29, 0.717) is 0 Å². The standard InChI is InChI=1S/C27H46N2/c1-20(2)7-5-8-21(3)9-6-10-22(4)11-12-28-13-14-29-27-25-16-23-15-24(18-25)19-26(27)17-23/h7,9,11,23-29H,5-6,8,10,12-19H2,1-4H3/b21-9+,22-11-. The van der Waals surface area contributed by atoms with Gasteiger partial charge in [0.2, 0.25) is 0 Å². The predicted molar refractivity (Wildman–Crippen MR) is 127 cm³/mol. The minimum Gasteiger partial charge on any atom is -0.312 e. The Balaban J connectivity index is 1.23. The Kier molecular flexibility index (Phi) is 9.06. The quantitative estimate of drug-likeness (QED) is 0.293. The fourth-order valence-electron chi connectivity index (χ4n) is 6.27. The van der Waals surface area contributed by atoms with Crippen LogP contribution in [0.15, 0.2) is 34.9 Å². The van der Waals surface area contributed by atoms with Crippen LogP contribution < -0.4 is 10.6 Å². The maximum atomic E-state index is 3.93. The summed E-state index contributed by atoms with van der Waals surface area (Å²) in [6, 6.07) is 0.827. The SMILES string of the molecule is CC(C)=CCC/C(C)=C/CC/C(C)=C\CNCCNC1C2CC3CC(C2)CC1C3. The van der Waals surface area contributed by atoms with Crippen LogP contribution in [0.2, 0.25) is 0 Å². The first-order valence-corrected chi connectivity index (χ1v) is 12.4. The van der Waals surface area contributed by atoms with Gasteiger partial charge in [0, 0.05) is 25.7 Å². The summed E-state index contributed by atoms with van der Waals surface area (Å²) in [4.78, 5) is 0. The minimum absolute atomic E-state index is 0.827. The maximum Gasteiger partial charge on any atom is 0.0137 e. The van der Waals surface area contributed by atoms with Crippen molar-refractivity contribution in [2.75, 3.05) is 19.6 Å². The van der Waals surface area contributed by atoms with Crippen LogP contribution in [0.5, 0.6) is 0 Å². The second-order valence-electron chi connectivity index (χ2n) is 10.6. The van der Waals surface area contributed by atoms with Crippen molar-refractivity contribution >= 4 is 0 Å². The zero-order valence-corrected chi connectivity index (χ0v) is 19.6. The van der Waals surface area contributed by atoms with E-state index in [0.717, 1.165) is 49.3 Å². The Bertz CT molecular complexity index is 566. The summed E-state index contributed by atoms with van der Waals surface area (Å²) < 4.78 is 0. The van der Waals surface area contributed by atoms with Gasteiger partial charge in [0.1, 0.15) is 0 Å². The lowest BCUT2D eigenvalue weighted by Crippen LogP contribution is -2.55. The molecule has 0 aromatic carbocycles. The Morgan fingerprint density at radius 3 is 1.93 bits per heavy atom. The molecule has 0 aromatic heterocycles. The summed E-state index contributed by atoms with van der Waals surface area (Å²) in [5, 5.41) is 7.54. The van der Waals surface area contributed by atoms with Crippen LogP contribution >= 0.6 is 0 Å². The van der Waals surface area contributed by atoms with Crippen LogP contribution in [-0.4, -0.2) is 25.7 Å². The van der Waals surface area contributed by atoms with Gasteiger partial charge in [-0.05, 0) is 109 Å². The highest BCUT2D eigenvalue weighted by atomic mass is 15.0. The molecular weight excluding hydrogens is 352 g/mol. The van der Waals surface area contributed by atoms with E-state index in [1.807, 2.05) is 0 Å². The Labute approximate surface area is 180 Å². The van der Waals surface area contributed by atoms with Crippen LogP contribution in [0.25, 0.3) is 0 Å². The number of rotatable bonds is 12. The van der Waals surface area contributed by atoms with Crippen molar-refractivity contribution in [3.63, 3.8) is 0 Å². The molecule has 4 aliphatic carbocycles. The Morgan fingerprint density at radius 1 is 0.724 bits per heavy atom. The van der Waals surface area contributed by atoms with Gasteiger partial charge in [-0.15, -0.1) is 0 Å². The number of allylic oxidation sites excluding steroid dienone is 5. The van der Waals surface area contributed by atoms with Gasteiger partial charge in [0.15, 0.2) is 0 Å². The van der Waals surface area contributed by atoms with Crippen LogP contribution in [0.1, 0.15) is 85.5 Å². The third-order valence-electron chi connectivity index (χ3n) is 7.63. The molecule has 4 aliphatic rings. The van der Waals surface area contributed by atoms with E-state index in [4.69, 9.17) is 0 Å². The molecule has 0 spiro atoms. The van der Waals surface area contributed by atoms with E-state index >= 15 is 0 Å². The Hall–Kier alpha value is -0.860. The van der Waals surface area contributed by atoms with E-state index in [2.05, 4.69) is 56.6 Å². The monoisotopic (exact) mass is 398 g/mol. The first kappa shape index (κ1) is 22.8. The molecule has 4 rings (SSSR count). The molecule has 2 heteroatoms. The van der Waals surface area contributed by atoms with E-state index < -0.39 is 0 Å². The van der Waals surface area contributed by atoms with Crippen molar-refractivity contribution in [1.82, 2.24) is 10.6 Å². The van der Waals surface area contributed by atoms with E-state index in [-0.39, 0.29) is 0 Å². The van der Waals surface area contributed by atoms with Gasteiger partial charge in [-0.2, -0.15) is 0 Å². The molecule has 0 aromatic rings. The molecule has 4 bridgehead atoms. The summed E-state index contributed by atoms with van der Waals surface area (Å²) in [6.45, 7) is 12.2. The first-order valence-electron chi connectivity index (χ1n) is 12.4. The van der Waals surface area contributed by atoms with Crippen molar-refractivity contribution in [3.8, 4) is 0 Å². The Morgan fingerprint density at radius 2 is 1.31 bits per heavy atom. The number of hydrogen-bond acceptors (Lipinski definition) is 2. The van der Waals surface area contributed by atoms with E-state index in [9.17, 15) is 0 Å². The van der Waals surface area contributed by atoms with Crippen molar-refractivity contribution in [2.24, 2.45) is 23.7 Å². The summed E-state index contributed by atoms with van der Waals surface area (Å²) in [5.41, 5.74) is 4.47. The van der Waals surface area contributed by atoms with Gasteiger partial charge >= 0.3 is 0 Å². The molecule has 164 valence electrons. The molecule has 0 atom stereocenters.